The van der Waals surface area contributed by atoms with E-state index in [1.165, 1.54) is 0 Å². The number of hydrogen-bond acceptors (Lipinski definition) is 1. The summed E-state index contributed by atoms with van der Waals surface area (Å²) in [7, 11) is 0. The highest BCUT2D eigenvalue weighted by atomic mass is 35.6. The molecule has 0 aromatic heterocycles. The van der Waals surface area contributed by atoms with Gasteiger partial charge in [0.1, 0.15) is 0 Å². The van der Waals surface area contributed by atoms with E-state index in [2.05, 4.69) is 0 Å². The molecule has 0 aliphatic carbocycles. The largest absolute Gasteiger partial charge is 0.389 e. The van der Waals surface area contributed by atoms with Crippen molar-refractivity contribution in [3.05, 3.63) is 35.4 Å². The molecule has 1 aromatic rings. The zero-order valence-corrected chi connectivity index (χ0v) is 14.8. The summed E-state index contributed by atoms with van der Waals surface area (Å²) >= 11 is 41.4. The van der Waals surface area contributed by atoms with Crippen LogP contribution < -0.4 is 0 Å². The van der Waals surface area contributed by atoms with Crippen LogP contribution in [0.2, 0.25) is 0 Å². The Morgan fingerprint density at radius 2 is 1.32 bits per heavy atom. The third-order valence-electron chi connectivity index (χ3n) is 2.51. The molecule has 0 spiro atoms. The molecule has 108 valence electrons. The van der Waals surface area contributed by atoms with Crippen molar-refractivity contribution < 1.29 is 5.11 Å². The van der Waals surface area contributed by atoms with Crippen molar-refractivity contribution >= 4 is 81.2 Å². The maximum atomic E-state index is 9.43. The fourth-order valence-electron chi connectivity index (χ4n) is 1.33. The fourth-order valence-corrected chi connectivity index (χ4v) is 2.80. The maximum Gasteiger partial charge on any atom is 0.226 e. The first-order valence-electron chi connectivity index (χ1n) is 5.02. The second kappa shape index (κ2) is 6.14. The van der Waals surface area contributed by atoms with Gasteiger partial charge in [0, 0.05) is 0 Å². The highest BCUT2D eigenvalue weighted by molar-refractivity contribution is 6.78. The lowest BCUT2D eigenvalue weighted by Gasteiger charge is -2.37. The van der Waals surface area contributed by atoms with Crippen LogP contribution in [0.3, 0.4) is 0 Å². The normalized spacial score (nSPS) is 15.4. The Morgan fingerprint density at radius 3 is 1.63 bits per heavy atom. The second-order valence-electron chi connectivity index (χ2n) is 3.94. The minimum absolute atomic E-state index is 0.344. The number of aliphatic hydroxyl groups excluding tert-OH is 1. The van der Waals surface area contributed by atoms with Gasteiger partial charge in [-0.25, -0.2) is 0 Å². The molecule has 1 unspecified atom stereocenters. The topological polar surface area (TPSA) is 20.2 Å². The van der Waals surface area contributed by atoms with E-state index < -0.39 is 18.6 Å². The number of aliphatic hydroxyl groups is 1. The molecule has 0 heterocycles. The van der Waals surface area contributed by atoms with Crippen molar-refractivity contribution in [2.75, 3.05) is 0 Å². The maximum absolute atomic E-state index is 9.43. The predicted molar refractivity (Wildman–Crippen MR) is 85.2 cm³/mol. The van der Waals surface area contributed by atoms with Crippen LogP contribution in [-0.4, -0.2) is 13.2 Å². The molecule has 19 heavy (non-hydrogen) atoms. The van der Waals surface area contributed by atoms with Crippen molar-refractivity contribution in [3.63, 3.8) is 0 Å². The molecule has 0 fully saturated rings. The fraction of sp³-hybridized carbons (Fsp3) is 0.455. The Kier molecular flexibility index (Phi) is 5.90. The van der Waals surface area contributed by atoms with Gasteiger partial charge < -0.3 is 5.11 Å². The standard InChI is InChI=1S/C11H9Cl7O/c1-6(19)7-2-4-8(5-3-7)9(12,13)10(14,15)11(16,17)18/h2-6,19H,1H3. The van der Waals surface area contributed by atoms with E-state index in [0.29, 0.717) is 11.1 Å². The molecular weight excluding hydrogens is 396 g/mol. The molecule has 0 radical (unpaired) electrons. The Labute approximate surface area is 146 Å². The van der Waals surface area contributed by atoms with Crippen LogP contribution in [-0.2, 0) is 4.33 Å². The van der Waals surface area contributed by atoms with Gasteiger partial charge in [0.2, 0.25) is 8.13 Å². The van der Waals surface area contributed by atoms with Gasteiger partial charge in [-0.3, -0.25) is 0 Å². The monoisotopic (exact) mass is 402 g/mol. The lowest BCUT2D eigenvalue weighted by Crippen LogP contribution is -2.45. The van der Waals surface area contributed by atoms with Crippen molar-refractivity contribution in [2.24, 2.45) is 0 Å². The summed E-state index contributed by atoms with van der Waals surface area (Å²) in [5.41, 5.74) is 1.02. The highest BCUT2D eigenvalue weighted by Crippen LogP contribution is 2.60. The van der Waals surface area contributed by atoms with Crippen molar-refractivity contribution in [1.82, 2.24) is 0 Å². The SMILES string of the molecule is CC(O)c1ccc(C(Cl)(Cl)C(Cl)(Cl)C(Cl)(Cl)Cl)cc1. The molecule has 8 heteroatoms. The molecule has 0 amide bonds. The predicted octanol–water partition coefficient (Wildman–Crippen LogP) is 5.91. The molecule has 1 aromatic carbocycles. The Morgan fingerprint density at radius 1 is 0.895 bits per heavy atom. The summed E-state index contributed by atoms with van der Waals surface area (Å²) in [6, 6.07) is 6.36. The highest BCUT2D eigenvalue weighted by Gasteiger charge is 2.60. The van der Waals surface area contributed by atoms with E-state index in [4.69, 9.17) is 81.2 Å². The summed E-state index contributed by atoms with van der Waals surface area (Å²) in [4.78, 5) is 0. The molecular formula is C11H9Cl7O. The Bertz CT molecular complexity index is 433. The van der Waals surface area contributed by atoms with Crippen LogP contribution in [0.25, 0.3) is 0 Å². The third kappa shape index (κ3) is 3.70. The number of hydrogen-bond donors (Lipinski definition) is 1. The first-order chi connectivity index (χ1) is 8.41. The summed E-state index contributed by atoms with van der Waals surface area (Å²) < 4.78 is -6.01. The molecule has 0 aliphatic heterocycles. The van der Waals surface area contributed by atoms with Crippen LogP contribution >= 0.6 is 81.2 Å². The van der Waals surface area contributed by atoms with Gasteiger partial charge >= 0.3 is 0 Å². The van der Waals surface area contributed by atoms with E-state index in [-0.39, 0.29) is 0 Å². The van der Waals surface area contributed by atoms with Crippen molar-refractivity contribution in [3.8, 4) is 0 Å². The van der Waals surface area contributed by atoms with Crippen molar-refractivity contribution in [1.29, 1.82) is 0 Å². The lowest BCUT2D eigenvalue weighted by atomic mass is 10.0. The van der Waals surface area contributed by atoms with Gasteiger partial charge in [-0.1, -0.05) is 105 Å². The Balaban J connectivity index is 3.20. The van der Waals surface area contributed by atoms with Gasteiger partial charge in [0.15, 0.2) is 4.33 Å². The molecule has 1 rings (SSSR count). The zero-order valence-electron chi connectivity index (χ0n) is 9.48. The van der Waals surface area contributed by atoms with E-state index in [0.717, 1.165) is 0 Å². The Hall–Kier alpha value is 1.21. The van der Waals surface area contributed by atoms with Crippen LogP contribution in [0.15, 0.2) is 24.3 Å². The average molecular weight is 405 g/mol. The van der Waals surface area contributed by atoms with Crippen LogP contribution in [0, 0.1) is 0 Å². The summed E-state index contributed by atoms with van der Waals surface area (Å²) in [5, 5.41) is 9.43. The number of halogens is 7. The van der Waals surface area contributed by atoms with Crippen LogP contribution in [0.1, 0.15) is 24.2 Å². The quantitative estimate of drug-likeness (QED) is 0.620. The molecule has 0 saturated carbocycles. The van der Waals surface area contributed by atoms with E-state index >= 15 is 0 Å². The van der Waals surface area contributed by atoms with Crippen LogP contribution in [0.5, 0.6) is 0 Å². The minimum Gasteiger partial charge on any atom is -0.389 e. The minimum atomic E-state index is -2.09. The lowest BCUT2D eigenvalue weighted by molar-refractivity contribution is 0.199. The second-order valence-corrected chi connectivity index (χ2v) is 8.88. The van der Waals surface area contributed by atoms with Gasteiger partial charge in [-0.2, -0.15) is 0 Å². The number of benzene rings is 1. The zero-order chi connectivity index (χ0) is 15.1. The molecule has 1 atom stereocenters. The molecule has 0 aliphatic rings. The first kappa shape index (κ1) is 18.3. The summed E-state index contributed by atoms with van der Waals surface area (Å²) in [6.45, 7) is 1.62. The van der Waals surface area contributed by atoms with Gasteiger partial charge in [-0.05, 0) is 18.1 Å². The molecule has 1 N–H and O–H groups in total. The van der Waals surface area contributed by atoms with E-state index in [1.54, 1.807) is 31.2 Å². The molecule has 1 nitrogen and oxygen atoms in total. The van der Waals surface area contributed by atoms with E-state index in [9.17, 15) is 5.11 Å². The summed E-state index contributed by atoms with van der Waals surface area (Å²) in [5.74, 6) is 0. The number of alkyl halides is 7. The molecule has 0 bridgehead atoms. The molecule has 0 saturated heterocycles. The average Bonchev–Trinajstić information content (AvgIpc) is 2.27. The van der Waals surface area contributed by atoms with Gasteiger partial charge in [-0.15, -0.1) is 0 Å². The number of rotatable bonds is 3. The smallest absolute Gasteiger partial charge is 0.226 e. The van der Waals surface area contributed by atoms with Gasteiger partial charge in [0.05, 0.1) is 6.10 Å². The third-order valence-corrected chi connectivity index (χ3v) is 6.46. The van der Waals surface area contributed by atoms with Gasteiger partial charge in [0.25, 0.3) is 0 Å². The van der Waals surface area contributed by atoms with Crippen LogP contribution in [0.4, 0.5) is 0 Å². The summed E-state index contributed by atoms with van der Waals surface area (Å²) in [6.07, 6.45) is -0.626. The first-order valence-corrected chi connectivity index (χ1v) is 7.66. The van der Waals surface area contributed by atoms with E-state index in [1.807, 2.05) is 0 Å². The van der Waals surface area contributed by atoms with Crippen molar-refractivity contribution in [2.45, 2.75) is 25.5 Å².